The van der Waals surface area contributed by atoms with Crippen LogP contribution in [0.3, 0.4) is 0 Å². The summed E-state index contributed by atoms with van der Waals surface area (Å²) in [6, 6.07) is 13.3. The molecule has 3 amide bonds. The van der Waals surface area contributed by atoms with Gasteiger partial charge in [0, 0.05) is 24.7 Å². The minimum atomic E-state index is -0.296. The van der Waals surface area contributed by atoms with Gasteiger partial charge in [-0.2, -0.15) is 5.10 Å². The van der Waals surface area contributed by atoms with Gasteiger partial charge in [0.1, 0.15) is 5.82 Å². The van der Waals surface area contributed by atoms with Crippen LogP contribution in [0.2, 0.25) is 0 Å². The lowest BCUT2D eigenvalue weighted by Gasteiger charge is -2.13. The van der Waals surface area contributed by atoms with Crippen LogP contribution in [0.25, 0.3) is 0 Å². The van der Waals surface area contributed by atoms with Crippen molar-refractivity contribution in [1.29, 1.82) is 0 Å². The number of imide groups is 1. The molecule has 2 heterocycles. The molecule has 3 aromatic rings. The second-order valence-electron chi connectivity index (χ2n) is 7.68. The number of hydrogen-bond donors (Lipinski definition) is 1. The topological polar surface area (TPSA) is 84.3 Å². The van der Waals surface area contributed by atoms with Crippen molar-refractivity contribution < 1.29 is 18.8 Å². The van der Waals surface area contributed by atoms with E-state index in [0.29, 0.717) is 54.6 Å². The van der Waals surface area contributed by atoms with Gasteiger partial charge in [0.05, 0.1) is 29.6 Å². The van der Waals surface area contributed by atoms with Crippen molar-refractivity contribution in [3.05, 3.63) is 83.4 Å². The van der Waals surface area contributed by atoms with Gasteiger partial charge in [0.2, 0.25) is 5.91 Å². The molecular formula is C24H23FN4O3. The predicted octanol–water partition coefficient (Wildman–Crippen LogP) is 3.87. The molecule has 0 radical (unpaired) electrons. The second-order valence-corrected chi connectivity index (χ2v) is 7.68. The van der Waals surface area contributed by atoms with Gasteiger partial charge in [-0.15, -0.1) is 0 Å². The zero-order valence-corrected chi connectivity index (χ0v) is 17.5. The van der Waals surface area contributed by atoms with E-state index < -0.39 is 0 Å². The summed E-state index contributed by atoms with van der Waals surface area (Å²) < 4.78 is 15.3. The number of carbonyl (C=O) groups excluding carboxylic acids is 3. The van der Waals surface area contributed by atoms with E-state index in [9.17, 15) is 18.8 Å². The monoisotopic (exact) mass is 434 g/mol. The lowest BCUT2D eigenvalue weighted by molar-refractivity contribution is -0.116. The van der Waals surface area contributed by atoms with Gasteiger partial charge >= 0.3 is 0 Å². The highest BCUT2D eigenvalue weighted by molar-refractivity contribution is 6.21. The van der Waals surface area contributed by atoms with Gasteiger partial charge in [0.25, 0.3) is 11.8 Å². The first kappa shape index (κ1) is 21.4. The lowest BCUT2D eigenvalue weighted by atomic mass is 10.1. The molecule has 0 saturated carbocycles. The average Bonchev–Trinajstić information content (AvgIpc) is 3.32. The van der Waals surface area contributed by atoms with Crippen LogP contribution in [0, 0.1) is 5.82 Å². The fourth-order valence-corrected chi connectivity index (χ4v) is 3.71. The highest BCUT2D eigenvalue weighted by Gasteiger charge is 2.34. The molecule has 0 fully saturated rings. The normalized spacial score (nSPS) is 12.8. The van der Waals surface area contributed by atoms with E-state index in [1.54, 1.807) is 53.3 Å². The Kier molecular flexibility index (Phi) is 6.39. The maximum absolute atomic E-state index is 13.8. The van der Waals surface area contributed by atoms with Crippen LogP contribution < -0.4 is 5.32 Å². The molecule has 1 aromatic heterocycles. The zero-order valence-electron chi connectivity index (χ0n) is 17.5. The van der Waals surface area contributed by atoms with Crippen LogP contribution in [0.15, 0.2) is 60.9 Å². The van der Waals surface area contributed by atoms with Crippen molar-refractivity contribution in [3.63, 3.8) is 0 Å². The van der Waals surface area contributed by atoms with E-state index in [1.807, 2.05) is 0 Å². The smallest absolute Gasteiger partial charge is 0.261 e. The largest absolute Gasteiger partial charge is 0.323 e. The number of hydrogen-bond acceptors (Lipinski definition) is 4. The number of nitrogens with zero attached hydrogens (tertiary/aromatic N) is 3. The van der Waals surface area contributed by atoms with Gasteiger partial charge in [0.15, 0.2) is 0 Å². The maximum atomic E-state index is 13.8. The third kappa shape index (κ3) is 4.74. The first-order chi connectivity index (χ1) is 15.5. The first-order valence-corrected chi connectivity index (χ1v) is 10.5. The van der Waals surface area contributed by atoms with E-state index in [2.05, 4.69) is 10.4 Å². The molecule has 1 aliphatic rings. The SMILES string of the molecule is O=C(CCCCCN1C(=O)c2ccccc2C1=O)Nc1cnn(Cc2ccccc2F)c1. The summed E-state index contributed by atoms with van der Waals surface area (Å²) in [6.45, 7) is 0.622. The highest BCUT2D eigenvalue weighted by atomic mass is 19.1. The summed E-state index contributed by atoms with van der Waals surface area (Å²) in [5.41, 5.74) is 1.98. The summed E-state index contributed by atoms with van der Waals surface area (Å²) in [5.74, 6) is -0.947. The third-order valence-electron chi connectivity index (χ3n) is 5.37. The van der Waals surface area contributed by atoms with Gasteiger partial charge in [-0.1, -0.05) is 36.8 Å². The second kappa shape index (κ2) is 9.55. The van der Waals surface area contributed by atoms with E-state index in [-0.39, 0.29) is 30.1 Å². The van der Waals surface area contributed by atoms with Crippen LogP contribution in [0.5, 0.6) is 0 Å². The first-order valence-electron chi connectivity index (χ1n) is 10.5. The summed E-state index contributed by atoms with van der Waals surface area (Å²) in [5, 5.41) is 6.94. The molecule has 0 aliphatic carbocycles. The van der Waals surface area contributed by atoms with Crippen molar-refractivity contribution >= 4 is 23.4 Å². The van der Waals surface area contributed by atoms with E-state index in [0.717, 1.165) is 0 Å². The molecule has 0 spiro atoms. The molecule has 0 unspecified atom stereocenters. The zero-order chi connectivity index (χ0) is 22.5. The lowest BCUT2D eigenvalue weighted by Crippen LogP contribution is -2.30. The van der Waals surface area contributed by atoms with E-state index >= 15 is 0 Å². The average molecular weight is 434 g/mol. The Morgan fingerprint density at radius 3 is 2.34 bits per heavy atom. The van der Waals surface area contributed by atoms with E-state index in [1.165, 1.54) is 17.2 Å². The number of benzene rings is 2. The summed E-state index contributed by atoms with van der Waals surface area (Å²) in [7, 11) is 0. The van der Waals surface area contributed by atoms with Crippen molar-refractivity contribution in [3.8, 4) is 0 Å². The molecule has 7 nitrogen and oxygen atoms in total. The van der Waals surface area contributed by atoms with Crippen LogP contribution in [-0.4, -0.2) is 38.9 Å². The van der Waals surface area contributed by atoms with Gasteiger partial charge in [-0.05, 0) is 31.0 Å². The number of nitrogens with one attached hydrogen (secondary N) is 1. The number of carbonyl (C=O) groups is 3. The minimum Gasteiger partial charge on any atom is -0.323 e. The molecule has 1 aliphatic heterocycles. The highest BCUT2D eigenvalue weighted by Crippen LogP contribution is 2.23. The molecule has 4 rings (SSSR count). The molecule has 2 aromatic carbocycles. The number of aromatic nitrogens is 2. The Labute approximate surface area is 184 Å². The molecule has 32 heavy (non-hydrogen) atoms. The van der Waals surface area contributed by atoms with Gasteiger partial charge < -0.3 is 5.32 Å². The third-order valence-corrected chi connectivity index (χ3v) is 5.37. The molecule has 164 valence electrons. The number of anilines is 1. The summed E-state index contributed by atoms with van der Waals surface area (Å²) in [4.78, 5) is 38.1. The van der Waals surface area contributed by atoms with Crippen molar-refractivity contribution in [2.24, 2.45) is 0 Å². The van der Waals surface area contributed by atoms with Crippen LogP contribution in [-0.2, 0) is 11.3 Å². The summed E-state index contributed by atoms with van der Waals surface area (Å²) >= 11 is 0. The van der Waals surface area contributed by atoms with E-state index in [4.69, 9.17) is 0 Å². The molecule has 0 bridgehead atoms. The Balaban J connectivity index is 1.17. The van der Waals surface area contributed by atoms with Gasteiger partial charge in [-0.3, -0.25) is 24.0 Å². The summed E-state index contributed by atoms with van der Waals surface area (Å²) in [6.07, 6.45) is 5.50. The number of halogens is 1. The fourth-order valence-electron chi connectivity index (χ4n) is 3.71. The molecular weight excluding hydrogens is 411 g/mol. The number of fused-ring (bicyclic) bond motifs is 1. The molecule has 8 heteroatoms. The number of unbranched alkanes of at least 4 members (excludes halogenated alkanes) is 2. The Bertz CT molecular complexity index is 1120. The van der Waals surface area contributed by atoms with Crippen LogP contribution in [0.4, 0.5) is 10.1 Å². The minimum absolute atomic E-state index is 0.142. The van der Waals surface area contributed by atoms with Crippen LogP contribution >= 0.6 is 0 Å². The standard InChI is InChI=1S/C24H23FN4O3/c25-21-11-6-3-8-17(21)15-28-16-18(14-26-28)27-22(30)12-2-1-7-13-29-23(31)19-9-4-5-10-20(19)24(29)32/h3-6,8-11,14,16H,1-2,7,12-13,15H2,(H,27,30). The fraction of sp³-hybridized carbons (Fsp3) is 0.250. The van der Waals surface area contributed by atoms with Crippen LogP contribution in [0.1, 0.15) is 52.0 Å². The predicted molar refractivity (Wildman–Crippen MR) is 117 cm³/mol. The maximum Gasteiger partial charge on any atom is 0.261 e. The quantitative estimate of drug-likeness (QED) is 0.409. The van der Waals surface area contributed by atoms with Crippen molar-refractivity contribution in [2.75, 3.05) is 11.9 Å². The molecule has 0 atom stereocenters. The Morgan fingerprint density at radius 1 is 0.938 bits per heavy atom. The number of amides is 3. The van der Waals surface area contributed by atoms with Crippen molar-refractivity contribution in [2.45, 2.75) is 32.2 Å². The van der Waals surface area contributed by atoms with Gasteiger partial charge in [-0.25, -0.2) is 4.39 Å². The Hall–Kier alpha value is -3.81. The molecule has 0 saturated heterocycles. The number of rotatable bonds is 9. The van der Waals surface area contributed by atoms with Crippen molar-refractivity contribution in [1.82, 2.24) is 14.7 Å². The Morgan fingerprint density at radius 2 is 1.62 bits per heavy atom. The molecule has 1 N–H and O–H groups in total.